The lowest BCUT2D eigenvalue weighted by Gasteiger charge is -2.18. The number of allylic oxidation sites excluding steroid dienone is 8. The summed E-state index contributed by atoms with van der Waals surface area (Å²) in [5.41, 5.74) is 0. The zero-order valence-corrected chi connectivity index (χ0v) is 40.4. The molecule has 0 aromatic rings. The van der Waals surface area contributed by atoms with Gasteiger partial charge in [0.15, 0.2) is 6.10 Å². The van der Waals surface area contributed by atoms with Crippen molar-refractivity contribution in [3.63, 3.8) is 0 Å². The van der Waals surface area contributed by atoms with Crippen molar-refractivity contribution in [3.8, 4) is 0 Å². The third-order valence-corrected chi connectivity index (χ3v) is 11.3. The Hall–Kier alpha value is -2.63. The fraction of sp³-hybridized carbons (Fsp3) is 0.800. The SMILES string of the molecule is CCC/C=C\C/C=C\CCCCCCCC(=O)OC(COC(=O)CCCCCCC/C=C\CCCCCC)COC(=O)CCCCCCCCC/C=C\CCCCCCCC. The van der Waals surface area contributed by atoms with E-state index in [0.717, 1.165) is 96.3 Å². The molecule has 0 radical (unpaired) electrons. The van der Waals surface area contributed by atoms with Gasteiger partial charge in [-0.25, -0.2) is 0 Å². The molecule has 1 atom stereocenters. The molecule has 61 heavy (non-hydrogen) atoms. The van der Waals surface area contributed by atoms with Crippen LogP contribution in [0.3, 0.4) is 0 Å². The second-order valence-electron chi connectivity index (χ2n) is 17.4. The molecule has 0 fully saturated rings. The number of esters is 3. The van der Waals surface area contributed by atoms with Crippen molar-refractivity contribution in [2.24, 2.45) is 0 Å². The number of hydrogen-bond acceptors (Lipinski definition) is 6. The highest BCUT2D eigenvalue weighted by Gasteiger charge is 2.19. The highest BCUT2D eigenvalue weighted by Crippen LogP contribution is 2.14. The molecule has 0 aliphatic rings. The molecule has 0 bridgehead atoms. The Kier molecular flexibility index (Phi) is 47.9. The molecule has 0 aliphatic carbocycles. The van der Waals surface area contributed by atoms with Gasteiger partial charge in [0, 0.05) is 19.3 Å². The minimum absolute atomic E-state index is 0.0830. The van der Waals surface area contributed by atoms with Crippen molar-refractivity contribution in [3.05, 3.63) is 48.6 Å². The average molecular weight is 855 g/mol. The summed E-state index contributed by atoms with van der Waals surface area (Å²) in [4.78, 5) is 38.0. The quantitative estimate of drug-likeness (QED) is 0.0263. The van der Waals surface area contributed by atoms with Crippen LogP contribution in [0.1, 0.15) is 265 Å². The van der Waals surface area contributed by atoms with Crippen LogP contribution in [0.5, 0.6) is 0 Å². The monoisotopic (exact) mass is 855 g/mol. The second-order valence-corrected chi connectivity index (χ2v) is 17.4. The average Bonchev–Trinajstić information content (AvgIpc) is 3.26. The molecule has 0 heterocycles. The highest BCUT2D eigenvalue weighted by atomic mass is 16.6. The lowest BCUT2D eigenvalue weighted by atomic mass is 10.1. The first-order valence-electron chi connectivity index (χ1n) is 26.1. The van der Waals surface area contributed by atoms with Gasteiger partial charge < -0.3 is 14.2 Å². The summed E-state index contributed by atoms with van der Waals surface area (Å²) >= 11 is 0. The molecule has 1 unspecified atom stereocenters. The van der Waals surface area contributed by atoms with Gasteiger partial charge >= 0.3 is 17.9 Å². The topological polar surface area (TPSA) is 78.9 Å². The lowest BCUT2D eigenvalue weighted by Crippen LogP contribution is -2.30. The summed E-state index contributed by atoms with van der Waals surface area (Å²) in [7, 11) is 0. The zero-order valence-electron chi connectivity index (χ0n) is 40.4. The molecular formula is C55H98O6. The summed E-state index contributed by atoms with van der Waals surface area (Å²) in [6.07, 6.45) is 59.5. The molecule has 0 N–H and O–H groups in total. The summed E-state index contributed by atoms with van der Waals surface area (Å²) in [5, 5.41) is 0. The number of carbonyl (C=O) groups is 3. The Labute approximate surface area is 378 Å². The van der Waals surface area contributed by atoms with Crippen LogP contribution >= 0.6 is 0 Å². The lowest BCUT2D eigenvalue weighted by molar-refractivity contribution is -0.167. The molecule has 0 aromatic heterocycles. The van der Waals surface area contributed by atoms with E-state index in [0.29, 0.717) is 19.3 Å². The highest BCUT2D eigenvalue weighted by molar-refractivity contribution is 5.71. The molecule has 6 heteroatoms. The molecule has 0 rings (SSSR count). The van der Waals surface area contributed by atoms with Crippen molar-refractivity contribution in [1.82, 2.24) is 0 Å². The first kappa shape index (κ1) is 58.4. The van der Waals surface area contributed by atoms with Gasteiger partial charge in [0.1, 0.15) is 13.2 Å². The fourth-order valence-electron chi connectivity index (χ4n) is 7.29. The van der Waals surface area contributed by atoms with E-state index in [9.17, 15) is 14.4 Å². The van der Waals surface area contributed by atoms with E-state index in [1.807, 2.05) is 0 Å². The number of ether oxygens (including phenoxy) is 3. The predicted molar refractivity (Wildman–Crippen MR) is 261 cm³/mol. The molecule has 0 saturated heterocycles. The van der Waals surface area contributed by atoms with E-state index < -0.39 is 6.10 Å². The van der Waals surface area contributed by atoms with Crippen LogP contribution in [0.15, 0.2) is 48.6 Å². The summed E-state index contributed by atoms with van der Waals surface area (Å²) in [6.45, 7) is 6.54. The van der Waals surface area contributed by atoms with E-state index in [1.54, 1.807) is 0 Å². The minimum atomic E-state index is -0.783. The van der Waals surface area contributed by atoms with Crippen molar-refractivity contribution in [2.45, 2.75) is 271 Å². The van der Waals surface area contributed by atoms with Crippen molar-refractivity contribution in [1.29, 1.82) is 0 Å². The van der Waals surface area contributed by atoms with E-state index in [4.69, 9.17) is 14.2 Å². The van der Waals surface area contributed by atoms with Gasteiger partial charge in [-0.3, -0.25) is 14.4 Å². The minimum Gasteiger partial charge on any atom is -0.462 e. The van der Waals surface area contributed by atoms with Crippen LogP contribution in [0, 0.1) is 0 Å². The summed E-state index contributed by atoms with van der Waals surface area (Å²) in [6, 6.07) is 0. The Morgan fingerprint density at radius 1 is 0.328 bits per heavy atom. The predicted octanol–water partition coefficient (Wildman–Crippen LogP) is 17.1. The standard InChI is InChI=1S/C55H98O6/c1-4-7-10-13-16-19-22-25-26-27-28-31-33-36-39-42-45-48-54(57)60-51-52(61-55(58)49-46-43-40-37-34-30-24-21-18-15-12-9-6-3)50-59-53(56)47-44-41-38-35-32-29-23-20-17-14-11-8-5-2/h12,15,20-21,23-26,52H,4-11,13-14,16-19,22,27-51H2,1-3H3/b15-12-,23-20-,24-21-,26-25-. The van der Waals surface area contributed by atoms with Gasteiger partial charge in [0.2, 0.25) is 0 Å². The van der Waals surface area contributed by atoms with Crippen LogP contribution < -0.4 is 0 Å². The normalized spacial score (nSPS) is 12.4. The molecule has 0 spiro atoms. The Morgan fingerprint density at radius 3 is 1.00 bits per heavy atom. The van der Waals surface area contributed by atoms with Gasteiger partial charge in [-0.15, -0.1) is 0 Å². The maximum atomic E-state index is 12.8. The third kappa shape index (κ3) is 48.3. The number of rotatable bonds is 47. The number of hydrogen-bond donors (Lipinski definition) is 0. The summed E-state index contributed by atoms with van der Waals surface area (Å²) < 4.78 is 16.8. The third-order valence-electron chi connectivity index (χ3n) is 11.3. The second kappa shape index (κ2) is 50.0. The van der Waals surface area contributed by atoms with E-state index in [-0.39, 0.29) is 31.1 Å². The van der Waals surface area contributed by atoms with Gasteiger partial charge in [-0.1, -0.05) is 198 Å². The van der Waals surface area contributed by atoms with Crippen molar-refractivity contribution >= 4 is 17.9 Å². The Balaban J connectivity index is 4.38. The molecule has 0 aliphatic heterocycles. The van der Waals surface area contributed by atoms with Gasteiger partial charge in [0.05, 0.1) is 0 Å². The van der Waals surface area contributed by atoms with Gasteiger partial charge in [-0.2, -0.15) is 0 Å². The van der Waals surface area contributed by atoms with Crippen molar-refractivity contribution < 1.29 is 28.6 Å². The molecule has 0 saturated carbocycles. The van der Waals surface area contributed by atoms with Gasteiger partial charge in [0.25, 0.3) is 0 Å². The van der Waals surface area contributed by atoms with E-state index >= 15 is 0 Å². The van der Waals surface area contributed by atoms with E-state index in [1.165, 1.54) is 128 Å². The van der Waals surface area contributed by atoms with Crippen molar-refractivity contribution in [2.75, 3.05) is 13.2 Å². The number of carbonyl (C=O) groups excluding carboxylic acids is 3. The van der Waals surface area contributed by atoms with E-state index in [2.05, 4.69) is 69.4 Å². The maximum Gasteiger partial charge on any atom is 0.306 e. The largest absolute Gasteiger partial charge is 0.462 e. The van der Waals surface area contributed by atoms with Crippen LogP contribution in [0.2, 0.25) is 0 Å². The Bertz CT molecular complexity index is 1070. The molecular weight excluding hydrogens is 757 g/mol. The first-order chi connectivity index (χ1) is 30.0. The van der Waals surface area contributed by atoms with Crippen LogP contribution in [0.25, 0.3) is 0 Å². The molecule has 0 amide bonds. The Morgan fingerprint density at radius 2 is 0.623 bits per heavy atom. The number of unbranched alkanes of at least 4 members (excludes halogenated alkanes) is 28. The van der Waals surface area contributed by atoms with Crippen LogP contribution in [-0.4, -0.2) is 37.2 Å². The first-order valence-corrected chi connectivity index (χ1v) is 26.1. The zero-order chi connectivity index (χ0) is 44.4. The smallest absolute Gasteiger partial charge is 0.306 e. The maximum absolute atomic E-state index is 12.8. The van der Waals surface area contributed by atoms with Crippen LogP contribution in [0.4, 0.5) is 0 Å². The summed E-state index contributed by atoms with van der Waals surface area (Å²) in [5.74, 6) is -0.904. The molecule has 354 valence electrons. The fourth-order valence-corrected chi connectivity index (χ4v) is 7.29. The molecule has 6 nitrogen and oxygen atoms in total. The molecule has 0 aromatic carbocycles. The van der Waals surface area contributed by atoms with Crippen LogP contribution in [-0.2, 0) is 28.6 Å². The van der Waals surface area contributed by atoms with Gasteiger partial charge in [-0.05, 0) is 96.3 Å².